The molecule has 8 nitrogen and oxygen atoms in total. The van der Waals surface area contributed by atoms with Crippen LogP contribution in [0.25, 0.3) is 0 Å². The summed E-state index contributed by atoms with van der Waals surface area (Å²) in [6.45, 7) is 0.140. The molecule has 1 aromatic heterocycles. The molecule has 3 N–H and O–H groups in total. The summed E-state index contributed by atoms with van der Waals surface area (Å²) >= 11 is 1.39. The summed E-state index contributed by atoms with van der Waals surface area (Å²) in [5, 5.41) is 24.9. The molecule has 1 heterocycles. The quantitative estimate of drug-likeness (QED) is 0.284. The fraction of sp³-hybridized carbons (Fsp3) is 0.0909. The van der Waals surface area contributed by atoms with Gasteiger partial charge < -0.3 is 15.7 Å². The van der Waals surface area contributed by atoms with Crippen LogP contribution in [0.5, 0.6) is 5.75 Å². The number of hydrogen-bond donors (Lipinski definition) is 2. The minimum atomic E-state index is -0.592. The van der Waals surface area contributed by atoms with Crippen molar-refractivity contribution in [2.75, 3.05) is 0 Å². The van der Waals surface area contributed by atoms with Crippen LogP contribution in [-0.2, 0) is 6.61 Å². The summed E-state index contributed by atoms with van der Waals surface area (Å²) in [5.74, 6) is -0.112. The number of oxime groups is 1. The molecule has 1 aromatic carbocycles. The van der Waals surface area contributed by atoms with E-state index in [4.69, 9.17) is 15.7 Å². The molecule has 0 radical (unpaired) electrons. The summed E-state index contributed by atoms with van der Waals surface area (Å²) in [4.78, 5) is 14.4. The number of aromatic nitrogens is 1. The van der Waals surface area contributed by atoms with E-state index in [1.807, 2.05) is 0 Å². The highest BCUT2D eigenvalue weighted by atomic mass is 32.1. The fourth-order valence-electron chi connectivity index (χ4n) is 1.46. The molecular formula is C11H10N4O4S. The lowest BCUT2D eigenvalue weighted by Crippen LogP contribution is -2.13. The van der Waals surface area contributed by atoms with Crippen LogP contribution in [0.4, 0.5) is 5.69 Å². The molecule has 0 aliphatic rings. The molecule has 0 aliphatic heterocycles. The molecule has 0 spiro atoms. The van der Waals surface area contributed by atoms with Crippen molar-refractivity contribution in [2.24, 2.45) is 10.9 Å². The number of nitro groups is 1. The van der Waals surface area contributed by atoms with Gasteiger partial charge in [0.15, 0.2) is 11.6 Å². The van der Waals surface area contributed by atoms with Crippen molar-refractivity contribution in [1.29, 1.82) is 0 Å². The van der Waals surface area contributed by atoms with Crippen LogP contribution < -0.4 is 10.5 Å². The number of hydrogen-bond acceptors (Lipinski definition) is 7. The molecule has 104 valence electrons. The zero-order valence-corrected chi connectivity index (χ0v) is 10.9. The Kier molecular flexibility index (Phi) is 4.11. The highest BCUT2D eigenvalue weighted by Crippen LogP contribution is 2.28. The number of ether oxygens (including phenoxy) is 1. The highest BCUT2D eigenvalue weighted by molar-refractivity contribution is 7.09. The molecule has 2 aromatic rings. The van der Waals surface area contributed by atoms with E-state index in [9.17, 15) is 10.1 Å². The summed E-state index contributed by atoms with van der Waals surface area (Å²) in [5.41, 5.74) is 5.37. The van der Waals surface area contributed by atoms with Crippen LogP contribution in [0.3, 0.4) is 0 Å². The van der Waals surface area contributed by atoms with E-state index in [1.54, 1.807) is 11.6 Å². The van der Waals surface area contributed by atoms with Gasteiger partial charge in [-0.15, -0.1) is 11.3 Å². The Labute approximate surface area is 117 Å². The first kappa shape index (κ1) is 13.7. The lowest BCUT2D eigenvalue weighted by molar-refractivity contribution is -0.386. The standard InChI is InChI=1S/C11H10N4O4S/c12-11(14-16)7-1-2-9(8(5-7)15(17)18)19-6-10-13-3-4-20-10/h1-5,16H,6H2,(H2,12,14). The average molecular weight is 294 g/mol. The first-order valence-corrected chi connectivity index (χ1v) is 6.27. The third kappa shape index (κ3) is 3.01. The number of nitrogens with two attached hydrogens (primary N) is 1. The Morgan fingerprint density at radius 2 is 2.40 bits per heavy atom. The molecule has 20 heavy (non-hydrogen) atoms. The number of rotatable bonds is 5. The van der Waals surface area contributed by atoms with Crippen molar-refractivity contribution in [3.05, 3.63) is 50.5 Å². The molecule has 2 rings (SSSR count). The summed E-state index contributed by atoms with van der Waals surface area (Å²) in [7, 11) is 0. The Hall–Kier alpha value is -2.68. The molecule has 9 heteroatoms. The number of thiazole rings is 1. The molecule has 0 aliphatic carbocycles. The van der Waals surface area contributed by atoms with Crippen LogP contribution in [-0.4, -0.2) is 21.0 Å². The van der Waals surface area contributed by atoms with E-state index in [1.165, 1.54) is 29.5 Å². The Bertz CT molecular complexity index is 642. The molecule has 0 saturated heterocycles. The van der Waals surface area contributed by atoms with Gasteiger partial charge in [-0.2, -0.15) is 0 Å². The molecular weight excluding hydrogens is 284 g/mol. The van der Waals surface area contributed by atoms with E-state index >= 15 is 0 Å². The molecule has 0 atom stereocenters. The van der Waals surface area contributed by atoms with Crippen molar-refractivity contribution in [3.8, 4) is 5.75 Å². The monoisotopic (exact) mass is 294 g/mol. The first-order valence-electron chi connectivity index (χ1n) is 5.39. The minimum absolute atomic E-state index is 0.0969. The molecule has 0 fully saturated rings. The second kappa shape index (κ2) is 5.97. The molecule has 0 bridgehead atoms. The predicted octanol–water partition coefficient (Wildman–Crippen LogP) is 1.72. The maximum atomic E-state index is 11.0. The SMILES string of the molecule is N/C(=N/O)c1ccc(OCc2nccs2)c([N+](=O)[O-])c1. The van der Waals surface area contributed by atoms with Crippen molar-refractivity contribution in [1.82, 2.24) is 4.98 Å². The number of benzene rings is 1. The average Bonchev–Trinajstić information content (AvgIpc) is 2.97. The van der Waals surface area contributed by atoms with Crippen LogP contribution in [0, 0.1) is 10.1 Å². The van der Waals surface area contributed by atoms with Gasteiger partial charge in [-0.3, -0.25) is 10.1 Å². The fourth-order valence-corrected chi connectivity index (χ4v) is 1.99. The van der Waals surface area contributed by atoms with E-state index < -0.39 is 4.92 Å². The summed E-state index contributed by atoms with van der Waals surface area (Å²) in [6.07, 6.45) is 1.62. The number of nitro benzene ring substituents is 1. The summed E-state index contributed by atoms with van der Waals surface area (Å²) in [6, 6.07) is 4.06. The second-order valence-electron chi connectivity index (χ2n) is 3.64. The van der Waals surface area contributed by atoms with Crippen molar-refractivity contribution in [3.63, 3.8) is 0 Å². The van der Waals surface area contributed by atoms with Crippen LogP contribution in [0.1, 0.15) is 10.6 Å². The predicted molar refractivity (Wildman–Crippen MR) is 72.1 cm³/mol. The van der Waals surface area contributed by atoms with Crippen LogP contribution in [0.15, 0.2) is 34.9 Å². The van der Waals surface area contributed by atoms with E-state index in [2.05, 4.69) is 10.1 Å². The lowest BCUT2D eigenvalue weighted by atomic mass is 10.1. The van der Waals surface area contributed by atoms with Gasteiger partial charge in [0, 0.05) is 23.2 Å². The van der Waals surface area contributed by atoms with Gasteiger partial charge >= 0.3 is 5.69 Å². The lowest BCUT2D eigenvalue weighted by Gasteiger charge is -2.06. The van der Waals surface area contributed by atoms with Crippen molar-refractivity contribution >= 4 is 22.9 Å². The van der Waals surface area contributed by atoms with Crippen LogP contribution >= 0.6 is 11.3 Å². The van der Waals surface area contributed by atoms with E-state index in [0.29, 0.717) is 5.01 Å². The zero-order valence-electron chi connectivity index (χ0n) is 10.1. The van der Waals surface area contributed by atoms with Gasteiger partial charge in [0.25, 0.3) is 0 Å². The zero-order chi connectivity index (χ0) is 14.5. The number of nitrogens with zero attached hydrogens (tertiary/aromatic N) is 3. The third-order valence-corrected chi connectivity index (χ3v) is 3.15. The van der Waals surface area contributed by atoms with Crippen molar-refractivity contribution in [2.45, 2.75) is 6.61 Å². The third-order valence-electron chi connectivity index (χ3n) is 2.39. The van der Waals surface area contributed by atoms with Gasteiger partial charge in [0.1, 0.15) is 11.6 Å². The Morgan fingerprint density at radius 3 is 3.00 bits per heavy atom. The van der Waals surface area contributed by atoms with Crippen molar-refractivity contribution < 1.29 is 14.9 Å². The molecule has 0 saturated carbocycles. The smallest absolute Gasteiger partial charge is 0.311 e. The van der Waals surface area contributed by atoms with Gasteiger partial charge in [0.2, 0.25) is 0 Å². The largest absolute Gasteiger partial charge is 0.479 e. The number of amidine groups is 1. The Morgan fingerprint density at radius 1 is 1.60 bits per heavy atom. The minimum Gasteiger partial charge on any atom is -0.479 e. The first-order chi connectivity index (χ1) is 9.61. The van der Waals surface area contributed by atoms with E-state index in [-0.39, 0.29) is 29.4 Å². The van der Waals surface area contributed by atoms with Gasteiger partial charge in [-0.05, 0) is 12.1 Å². The molecule has 0 unspecified atom stereocenters. The normalized spacial score (nSPS) is 11.3. The second-order valence-corrected chi connectivity index (χ2v) is 4.62. The summed E-state index contributed by atoms with van der Waals surface area (Å²) < 4.78 is 5.37. The Balaban J connectivity index is 2.26. The van der Waals surface area contributed by atoms with Gasteiger partial charge in [0.05, 0.1) is 4.92 Å². The van der Waals surface area contributed by atoms with Crippen LogP contribution in [0.2, 0.25) is 0 Å². The van der Waals surface area contributed by atoms with Gasteiger partial charge in [-0.25, -0.2) is 4.98 Å². The topological polar surface area (TPSA) is 124 Å². The van der Waals surface area contributed by atoms with Gasteiger partial charge in [-0.1, -0.05) is 5.16 Å². The maximum absolute atomic E-state index is 11.0. The highest BCUT2D eigenvalue weighted by Gasteiger charge is 2.17. The molecule has 0 amide bonds. The maximum Gasteiger partial charge on any atom is 0.311 e. The van der Waals surface area contributed by atoms with E-state index in [0.717, 1.165) is 0 Å².